The van der Waals surface area contributed by atoms with Crippen LogP contribution in [-0.4, -0.2) is 36.6 Å². The summed E-state index contributed by atoms with van der Waals surface area (Å²) >= 11 is 1.67. The van der Waals surface area contributed by atoms with Crippen LogP contribution in [0.15, 0.2) is 16.8 Å². The van der Waals surface area contributed by atoms with Gasteiger partial charge >= 0.3 is 0 Å². The predicted octanol–water partition coefficient (Wildman–Crippen LogP) is 2.77. The lowest BCUT2D eigenvalue weighted by Gasteiger charge is -2.32. The summed E-state index contributed by atoms with van der Waals surface area (Å²) in [5.41, 5.74) is 1.18. The number of nitrogens with one attached hydrogen (secondary N) is 1. The zero-order valence-electron chi connectivity index (χ0n) is 12.5. The fourth-order valence-corrected chi connectivity index (χ4v) is 3.53. The number of carbonyl (C=O) groups is 1. The second kappa shape index (κ2) is 7.20. The number of hydrogen-bond acceptors (Lipinski definition) is 4. The first kappa shape index (κ1) is 15.5. The molecule has 3 unspecified atom stereocenters. The van der Waals surface area contributed by atoms with E-state index in [1.807, 2.05) is 4.90 Å². The van der Waals surface area contributed by atoms with Crippen molar-refractivity contribution in [3.8, 4) is 0 Å². The molecule has 0 spiro atoms. The van der Waals surface area contributed by atoms with Crippen LogP contribution in [0.4, 0.5) is 0 Å². The van der Waals surface area contributed by atoms with E-state index in [2.05, 4.69) is 36.0 Å². The number of nitrogens with zero attached hydrogens (tertiary/aromatic N) is 1. The number of amides is 1. The van der Waals surface area contributed by atoms with Gasteiger partial charge in [0.05, 0.1) is 18.7 Å². The van der Waals surface area contributed by atoms with Crippen LogP contribution >= 0.6 is 11.3 Å². The van der Waals surface area contributed by atoms with Crippen molar-refractivity contribution in [2.45, 2.75) is 51.4 Å². The van der Waals surface area contributed by atoms with Crippen molar-refractivity contribution >= 4 is 17.2 Å². The first-order chi connectivity index (χ1) is 9.72. The predicted molar refractivity (Wildman–Crippen MR) is 81.7 cm³/mol. The minimum Gasteiger partial charge on any atom is -0.383 e. The van der Waals surface area contributed by atoms with E-state index in [1.165, 1.54) is 5.56 Å². The van der Waals surface area contributed by atoms with Gasteiger partial charge in [0.1, 0.15) is 6.17 Å². The maximum atomic E-state index is 12.6. The van der Waals surface area contributed by atoms with Crippen LogP contribution in [0.1, 0.15) is 44.8 Å². The molecule has 1 aliphatic heterocycles. The molecular weight excluding hydrogens is 272 g/mol. The average Bonchev–Trinajstić information content (AvgIpc) is 3.06. The molecule has 4 nitrogen and oxygen atoms in total. The maximum Gasteiger partial charge on any atom is 0.241 e. The first-order valence-electron chi connectivity index (χ1n) is 7.32. The first-order valence-corrected chi connectivity index (χ1v) is 8.26. The molecule has 1 aliphatic rings. The average molecular weight is 296 g/mol. The summed E-state index contributed by atoms with van der Waals surface area (Å²) in [7, 11) is 1.70. The zero-order chi connectivity index (χ0) is 14.5. The molecule has 1 N–H and O–H groups in total. The summed E-state index contributed by atoms with van der Waals surface area (Å²) in [4.78, 5) is 14.6. The smallest absolute Gasteiger partial charge is 0.241 e. The van der Waals surface area contributed by atoms with Crippen molar-refractivity contribution in [1.82, 2.24) is 10.2 Å². The highest BCUT2D eigenvalue weighted by molar-refractivity contribution is 7.07. The van der Waals surface area contributed by atoms with E-state index >= 15 is 0 Å². The largest absolute Gasteiger partial charge is 0.383 e. The number of hydrogen-bond donors (Lipinski definition) is 1. The van der Waals surface area contributed by atoms with Crippen molar-refractivity contribution < 1.29 is 9.53 Å². The van der Waals surface area contributed by atoms with Crippen LogP contribution in [0.5, 0.6) is 0 Å². The van der Waals surface area contributed by atoms with Crippen LogP contribution in [-0.2, 0) is 9.53 Å². The highest BCUT2D eigenvalue weighted by Gasteiger charge is 2.42. The lowest BCUT2D eigenvalue weighted by atomic mass is 10.1. The number of carbonyl (C=O) groups excluding carboxylic acids is 1. The van der Waals surface area contributed by atoms with Gasteiger partial charge in [-0.25, -0.2) is 0 Å². The lowest BCUT2D eigenvalue weighted by Crippen LogP contribution is -2.42. The molecular formula is C15H24N2O2S. The summed E-state index contributed by atoms with van der Waals surface area (Å²) in [6.45, 7) is 4.79. The zero-order valence-corrected chi connectivity index (χ0v) is 13.3. The number of methoxy groups -OCH3 is 1. The van der Waals surface area contributed by atoms with E-state index in [1.54, 1.807) is 18.4 Å². The molecule has 112 valence electrons. The summed E-state index contributed by atoms with van der Waals surface area (Å²) in [5, 5.41) is 7.64. The molecule has 20 heavy (non-hydrogen) atoms. The van der Waals surface area contributed by atoms with E-state index in [9.17, 15) is 4.79 Å². The van der Waals surface area contributed by atoms with Crippen LogP contribution in [0.25, 0.3) is 0 Å². The van der Waals surface area contributed by atoms with Crippen LogP contribution in [0, 0.1) is 0 Å². The van der Waals surface area contributed by atoms with Gasteiger partial charge in [0, 0.05) is 7.11 Å². The fourth-order valence-electron chi connectivity index (χ4n) is 2.85. The Morgan fingerprint density at radius 1 is 1.50 bits per heavy atom. The van der Waals surface area contributed by atoms with Gasteiger partial charge in [-0.05, 0) is 35.2 Å². The molecule has 1 fully saturated rings. The second-order valence-corrected chi connectivity index (χ2v) is 6.01. The number of ether oxygens (including phenoxy) is 1. The van der Waals surface area contributed by atoms with Crippen LogP contribution in [0.2, 0.25) is 0 Å². The second-order valence-electron chi connectivity index (χ2n) is 5.23. The van der Waals surface area contributed by atoms with Gasteiger partial charge in [-0.2, -0.15) is 11.3 Å². The van der Waals surface area contributed by atoms with Gasteiger partial charge in [-0.3, -0.25) is 10.1 Å². The quantitative estimate of drug-likeness (QED) is 0.841. The summed E-state index contributed by atoms with van der Waals surface area (Å²) in [5.74, 6) is 0.208. The Hall–Kier alpha value is -0.910. The van der Waals surface area contributed by atoms with Crippen LogP contribution < -0.4 is 5.32 Å². The minimum absolute atomic E-state index is 0.00889. The standard InChI is InChI=1S/C15H24N2O2S/c1-4-6-12(9-19-3)17-14(11-7-8-20-10-11)16-13(5-2)15(17)18/h7-8,10,12-14,16H,4-6,9H2,1-3H3. The minimum atomic E-state index is -0.0730. The molecule has 0 radical (unpaired) electrons. The van der Waals surface area contributed by atoms with Gasteiger partial charge in [-0.15, -0.1) is 0 Å². The van der Waals surface area contributed by atoms with Gasteiger partial charge < -0.3 is 9.64 Å². The summed E-state index contributed by atoms with van der Waals surface area (Å²) in [6.07, 6.45) is 2.83. The Balaban J connectivity index is 2.26. The Morgan fingerprint density at radius 3 is 2.85 bits per heavy atom. The Labute approximate surface area is 125 Å². The van der Waals surface area contributed by atoms with Gasteiger partial charge in [0.2, 0.25) is 5.91 Å². The van der Waals surface area contributed by atoms with Crippen LogP contribution in [0.3, 0.4) is 0 Å². The summed E-state index contributed by atoms with van der Waals surface area (Å²) < 4.78 is 5.33. The van der Waals surface area contributed by atoms with E-state index in [0.717, 1.165) is 19.3 Å². The lowest BCUT2D eigenvalue weighted by molar-refractivity contribution is -0.133. The molecule has 0 aromatic carbocycles. The van der Waals surface area contributed by atoms with Gasteiger partial charge in [0.25, 0.3) is 0 Å². The monoisotopic (exact) mass is 296 g/mol. The van der Waals surface area contributed by atoms with E-state index < -0.39 is 0 Å². The SMILES string of the molecule is CCCC(COC)N1C(=O)C(CC)NC1c1ccsc1. The maximum absolute atomic E-state index is 12.6. The van der Waals surface area contributed by atoms with E-state index in [4.69, 9.17) is 4.74 Å². The molecule has 1 saturated heterocycles. The highest BCUT2D eigenvalue weighted by Crippen LogP contribution is 2.31. The van der Waals surface area contributed by atoms with E-state index in [-0.39, 0.29) is 24.2 Å². The third-order valence-corrected chi connectivity index (χ3v) is 4.53. The van der Waals surface area contributed by atoms with Crippen molar-refractivity contribution in [3.05, 3.63) is 22.4 Å². The van der Waals surface area contributed by atoms with Crippen molar-refractivity contribution in [3.63, 3.8) is 0 Å². The Kier molecular flexibility index (Phi) is 5.57. The molecule has 0 aliphatic carbocycles. The molecule has 1 amide bonds. The Morgan fingerprint density at radius 2 is 2.30 bits per heavy atom. The molecule has 1 aromatic rings. The van der Waals surface area contributed by atoms with Gasteiger partial charge in [-0.1, -0.05) is 20.3 Å². The van der Waals surface area contributed by atoms with Gasteiger partial charge in [0.15, 0.2) is 0 Å². The molecule has 2 heterocycles. The molecule has 0 saturated carbocycles. The number of rotatable bonds is 7. The van der Waals surface area contributed by atoms with Crippen molar-refractivity contribution in [2.75, 3.05) is 13.7 Å². The molecule has 2 rings (SSSR count). The molecule has 3 atom stereocenters. The molecule has 0 bridgehead atoms. The molecule has 1 aromatic heterocycles. The normalized spacial score (nSPS) is 24.4. The number of thiophene rings is 1. The summed E-state index contributed by atoms with van der Waals surface area (Å²) in [6, 6.07) is 2.17. The highest BCUT2D eigenvalue weighted by atomic mass is 32.1. The topological polar surface area (TPSA) is 41.6 Å². The third kappa shape index (κ3) is 3.05. The fraction of sp³-hybridized carbons (Fsp3) is 0.667. The molecule has 5 heteroatoms. The Bertz CT molecular complexity index is 416. The van der Waals surface area contributed by atoms with Crippen molar-refractivity contribution in [1.29, 1.82) is 0 Å². The van der Waals surface area contributed by atoms with E-state index in [0.29, 0.717) is 6.61 Å². The third-order valence-electron chi connectivity index (χ3n) is 3.83. The van der Waals surface area contributed by atoms with Crippen molar-refractivity contribution in [2.24, 2.45) is 0 Å².